The van der Waals surface area contributed by atoms with Gasteiger partial charge in [-0.25, -0.2) is 4.98 Å². The minimum absolute atomic E-state index is 0.00343. The number of hydrogen-bond acceptors (Lipinski definition) is 4. The number of rotatable bonds is 4. The molecular weight excluding hydrogens is 473 g/mol. The monoisotopic (exact) mass is 500 g/mol. The number of aromatic nitrogens is 2. The third-order valence-corrected chi connectivity index (χ3v) is 7.38. The fourth-order valence-corrected chi connectivity index (χ4v) is 5.35. The van der Waals surface area contributed by atoms with Gasteiger partial charge >= 0.3 is 6.18 Å². The Hall–Kier alpha value is -3.56. The summed E-state index contributed by atoms with van der Waals surface area (Å²) in [5.74, 6) is -0.696. The smallest absolute Gasteiger partial charge is 0.422 e. The number of hydrogen-bond donors (Lipinski definition) is 0. The first-order valence-electron chi connectivity index (χ1n) is 11.9. The van der Waals surface area contributed by atoms with Gasteiger partial charge in [-0.05, 0) is 48.9 Å². The molecule has 1 spiro atoms. The van der Waals surface area contributed by atoms with Gasteiger partial charge in [0.15, 0.2) is 6.61 Å². The molecule has 2 aliphatic heterocycles. The van der Waals surface area contributed by atoms with Crippen LogP contribution in [0.15, 0.2) is 48.7 Å². The average Bonchev–Trinajstić information content (AvgIpc) is 3.43. The Morgan fingerprint density at radius 2 is 1.69 bits per heavy atom. The van der Waals surface area contributed by atoms with Gasteiger partial charge in [0, 0.05) is 50.3 Å². The van der Waals surface area contributed by atoms with Crippen molar-refractivity contribution in [1.82, 2.24) is 19.4 Å². The van der Waals surface area contributed by atoms with Crippen molar-refractivity contribution in [3.05, 3.63) is 59.9 Å². The summed E-state index contributed by atoms with van der Waals surface area (Å²) in [6.45, 7) is 0.679. The lowest BCUT2D eigenvalue weighted by molar-refractivity contribution is -0.154. The number of para-hydroxylation sites is 1. The van der Waals surface area contributed by atoms with E-state index in [9.17, 15) is 22.8 Å². The van der Waals surface area contributed by atoms with Gasteiger partial charge in [-0.2, -0.15) is 13.2 Å². The topological polar surface area (TPSA) is 67.7 Å². The first-order chi connectivity index (χ1) is 17.2. The molecule has 2 fully saturated rings. The molecule has 2 aromatic heterocycles. The molecular formula is C26H27F3N4O3. The van der Waals surface area contributed by atoms with Crippen molar-refractivity contribution in [3.63, 3.8) is 0 Å². The van der Waals surface area contributed by atoms with Gasteiger partial charge < -0.3 is 19.1 Å². The Morgan fingerprint density at radius 1 is 1.00 bits per heavy atom. The maximum atomic E-state index is 13.3. The van der Waals surface area contributed by atoms with E-state index in [1.807, 2.05) is 46.8 Å². The molecule has 10 heteroatoms. The van der Waals surface area contributed by atoms with E-state index in [-0.39, 0.29) is 28.7 Å². The van der Waals surface area contributed by atoms with E-state index in [4.69, 9.17) is 4.74 Å². The van der Waals surface area contributed by atoms with Crippen molar-refractivity contribution in [3.8, 4) is 5.88 Å². The van der Waals surface area contributed by atoms with Crippen LogP contribution in [0.25, 0.3) is 10.9 Å². The number of aryl methyl sites for hydroxylation is 1. The molecule has 0 saturated carbocycles. The van der Waals surface area contributed by atoms with Gasteiger partial charge in [0.1, 0.15) is 11.3 Å². The quantitative estimate of drug-likeness (QED) is 0.536. The van der Waals surface area contributed by atoms with Crippen LogP contribution in [0.4, 0.5) is 13.2 Å². The highest BCUT2D eigenvalue weighted by atomic mass is 19.4. The van der Waals surface area contributed by atoms with Crippen molar-refractivity contribution < 1.29 is 27.5 Å². The minimum atomic E-state index is -4.52. The van der Waals surface area contributed by atoms with E-state index in [2.05, 4.69) is 4.98 Å². The Kier molecular flexibility index (Phi) is 6.13. The van der Waals surface area contributed by atoms with E-state index in [1.165, 1.54) is 18.3 Å². The number of pyridine rings is 1. The Morgan fingerprint density at radius 3 is 2.39 bits per heavy atom. The van der Waals surface area contributed by atoms with Crippen LogP contribution in [0, 0.1) is 5.41 Å². The number of carbonyl (C=O) groups excluding carboxylic acids is 2. The number of ether oxygens (including phenoxy) is 1. The molecule has 7 nitrogen and oxygen atoms in total. The Labute approximate surface area is 206 Å². The van der Waals surface area contributed by atoms with Crippen LogP contribution < -0.4 is 4.74 Å². The number of alkyl halides is 3. The molecule has 0 bridgehead atoms. The standard InChI is InChI=1S/C26H27F3N4O3/c1-31-20-7-3-2-5-18(20)15-21(31)24(35)32-12-8-25(9-13-32)10-14-33(16-25)23(34)19-6-4-11-30-22(19)36-17-26(27,28)29/h2-7,11,15H,8-10,12-14,16-17H2,1H3. The summed E-state index contributed by atoms with van der Waals surface area (Å²) in [7, 11) is 1.90. The minimum Gasteiger partial charge on any atom is -0.467 e. The lowest BCUT2D eigenvalue weighted by atomic mass is 9.77. The molecule has 0 aliphatic carbocycles. The maximum Gasteiger partial charge on any atom is 0.422 e. The summed E-state index contributed by atoms with van der Waals surface area (Å²) in [5, 5.41) is 1.02. The molecule has 0 atom stereocenters. The van der Waals surface area contributed by atoms with Gasteiger partial charge in [0.05, 0.1) is 0 Å². The molecule has 4 heterocycles. The average molecular weight is 501 g/mol. The number of nitrogens with zero attached hydrogens (tertiary/aromatic N) is 4. The summed E-state index contributed by atoms with van der Waals surface area (Å²) in [5.41, 5.74) is 1.58. The van der Waals surface area contributed by atoms with Crippen molar-refractivity contribution >= 4 is 22.7 Å². The number of piperidine rings is 1. The van der Waals surface area contributed by atoms with E-state index < -0.39 is 12.8 Å². The highest BCUT2D eigenvalue weighted by Gasteiger charge is 2.43. The molecule has 2 amide bonds. The van der Waals surface area contributed by atoms with E-state index in [1.54, 1.807) is 4.90 Å². The molecule has 190 valence electrons. The zero-order valence-electron chi connectivity index (χ0n) is 19.9. The SMILES string of the molecule is Cn1c(C(=O)N2CCC3(CCN(C(=O)c4cccnc4OCC(F)(F)F)C3)CC2)cc2ccccc21. The number of carbonyl (C=O) groups is 2. The summed E-state index contributed by atoms with van der Waals surface area (Å²) in [6.07, 6.45) is -0.912. The highest BCUT2D eigenvalue weighted by molar-refractivity contribution is 5.99. The van der Waals surface area contributed by atoms with Crippen LogP contribution in [-0.4, -0.2) is 70.1 Å². The maximum absolute atomic E-state index is 13.3. The predicted molar refractivity (Wildman–Crippen MR) is 127 cm³/mol. The summed E-state index contributed by atoms with van der Waals surface area (Å²) >= 11 is 0. The zero-order valence-corrected chi connectivity index (χ0v) is 19.9. The first kappa shape index (κ1) is 24.1. The summed E-state index contributed by atoms with van der Waals surface area (Å²) in [4.78, 5) is 33.8. The molecule has 0 unspecified atom stereocenters. The second kappa shape index (κ2) is 9.15. The zero-order chi connectivity index (χ0) is 25.5. The first-order valence-corrected chi connectivity index (χ1v) is 11.9. The van der Waals surface area contributed by atoms with Crippen LogP contribution in [0.3, 0.4) is 0 Å². The number of amides is 2. The second-order valence-corrected chi connectivity index (χ2v) is 9.68. The molecule has 0 N–H and O–H groups in total. The van der Waals surface area contributed by atoms with Crippen LogP contribution >= 0.6 is 0 Å². The van der Waals surface area contributed by atoms with Gasteiger partial charge in [-0.15, -0.1) is 0 Å². The van der Waals surface area contributed by atoms with Crippen LogP contribution in [0.1, 0.15) is 40.1 Å². The molecule has 0 radical (unpaired) electrons. The third-order valence-electron chi connectivity index (χ3n) is 7.38. The summed E-state index contributed by atoms with van der Waals surface area (Å²) < 4.78 is 44.6. The van der Waals surface area contributed by atoms with Crippen LogP contribution in [-0.2, 0) is 7.05 Å². The van der Waals surface area contributed by atoms with E-state index >= 15 is 0 Å². The number of halogens is 3. The molecule has 2 aliphatic rings. The van der Waals surface area contributed by atoms with Crippen molar-refractivity contribution in [1.29, 1.82) is 0 Å². The number of fused-ring (bicyclic) bond motifs is 1. The van der Waals surface area contributed by atoms with Gasteiger partial charge in [0.2, 0.25) is 5.88 Å². The number of benzene rings is 1. The fraction of sp³-hybridized carbons (Fsp3) is 0.423. The van der Waals surface area contributed by atoms with Crippen molar-refractivity contribution in [2.75, 3.05) is 32.8 Å². The van der Waals surface area contributed by atoms with Gasteiger partial charge in [0.25, 0.3) is 11.8 Å². The van der Waals surface area contributed by atoms with Crippen molar-refractivity contribution in [2.24, 2.45) is 12.5 Å². The van der Waals surface area contributed by atoms with Crippen LogP contribution in [0.5, 0.6) is 5.88 Å². The summed E-state index contributed by atoms with van der Waals surface area (Å²) in [6, 6.07) is 12.8. The van der Waals surface area contributed by atoms with Crippen LogP contribution in [0.2, 0.25) is 0 Å². The molecule has 2 saturated heterocycles. The van der Waals surface area contributed by atoms with E-state index in [0.29, 0.717) is 31.9 Å². The van der Waals surface area contributed by atoms with Gasteiger partial charge in [-0.1, -0.05) is 18.2 Å². The van der Waals surface area contributed by atoms with Crippen molar-refractivity contribution in [2.45, 2.75) is 25.4 Å². The number of likely N-dealkylation sites (tertiary alicyclic amines) is 2. The Balaban J connectivity index is 1.23. The lowest BCUT2D eigenvalue weighted by Crippen LogP contribution is -2.45. The normalized spacial score (nSPS) is 17.7. The molecule has 1 aromatic carbocycles. The van der Waals surface area contributed by atoms with E-state index in [0.717, 1.165) is 30.2 Å². The fourth-order valence-electron chi connectivity index (χ4n) is 5.35. The highest BCUT2D eigenvalue weighted by Crippen LogP contribution is 2.41. The molecule has 3 aromatic rings. The molecule has 5 rings (SSSR count). The lowest BCUT2D eigenvalue weighted by Gasteiger charge is -2.39. The third kappa shape index (κ3) is 4.64. The Bertz CT molecular complexity index is 1300. The largest absolute Gasteiger partial charge is 0.467 e. The molecule has 36 heavy (non-hydrogen) atoms. The van der Waals surface area contributed by atoms with Gasteiger partial charge in [-0.3, -0.25) is 9.59 Å². The second-order valence-electron chi connectivity index (χ2n) is 9.68. The predicted octanol–water partition coefficient (Wildman–Crippen LogP) is 4.28.